The van der Waals surface area contributed by atoms with Gasteiger partial charge in [0.05, 0.1) is 11.6 Å². The Labute approximate surface area is 163 Å². The lowest BCUT2D eigenvalue weighted by molar-refractivity contribution is 0.184. The molecule has 0 bridgehead atoms. The van der Waals surface area contributed by atoms with E-state index in [0.717, 1.165) is 5.56 Å². The zero-order valence-electron chi connectivity index (χ0n) is 15.3. The van der Waals surface area contributed by atoms with Gasteiger partial charge >= 0.3 is 6.03 Å². The normalized spacial score (nSPS) is 15.1. The number of phenols is 1. The number of phenolic OH excluding ortho intramolecular Hbond substituents is 1. The standard InChI is InChI=1S/C19H20N4O4S/c1-14-2-7-17(24)18(12-14)28(26,27)23-10-8-22(9-11-23)19(25)21-16-5-3-15(13-20)4-6-16/h2-7,12,24H,8-11H2,1H3,(H,21,25). The third-order valence-electron chi connectivity index (χ3n) is 4.52. The number of carbonyl (C=O) groups is 1. The highest BCUT2D eigenvalue weighted by Crippen LogP contribution is 2.27. The Hall–Kier alpha value is -3.09. The summed E-state index contributed by atoms with van der Waals surface area (Å²) < 4.78 is 26.9. The zero-order valence-corrected chi connectivity index (χ0v) is 16.1. The summed E-state index contributed by atoms with van der Waals surface area (Å²) in [6, 6.07) is 12.6. The number of sulfonamides is 1. The largest absolute Gasteiger partial charge is 0.507 e. The number of urea groups is 1. The minimum absolute atomic E-state index is 0.122. The van der Waals surface area contributed by atoms with E-state index in [0.29, 0.717) is 11.3 Å². The second kappa shape index (κ2) is 7.88. The lowest BCUT2D eigenvalue weighted by Gasteiger charge is -2.34. The van der Waals surface area contributed by atoms with E-state index in [1.54, 1.807) is 37.3 Å². The van der Waals surface area contributed by atoms with Gasteiger partial charge in [-0.3, -0.25) is 0 Å². The quantitative estimate of drug-likeness (QED) is 0.819. The van der Waals surface area contributed by atoms with E-state index in [-0.39, 0.29) is 42.9 Å². The van der Waals surface area contributed by atoms with Gasteiger partial charge in [0.1, 0.15) is 10.6 Å². The van der Waals surface area contributed by atoms with E-state index in [4.69, 9.17) is 5.26 Å². The summed E-state index contributed by atoms with van der Waals surface area (Å²) in [5.41, 5.74) is 1.79. The molecule has 9 heteroatoms. The first kappa shape index (κ1) is 19.7. The van der Waals surface area contributed by atoms with Gasteiger partial charge in [-0.1, -0.05) is 6.07 Å². The van der Waals surface area contributed by atoms with E-state index < -0.39 is 10.0 Å². The highest BCUT2D eigenvalue weighted by molar-refractivity contribution is 7.89. The van der Waals surface area contributed by atoms with Crippen LogP contribution in [-0.2, 0) is 10.0 Å². The summed E-state index contributed by atoms with van der Waals surface area (Å²) in [6.07, 6.45) is 0. The van der Waals surface area contributed by atoms with Crippen LogP contribution in [0.1, 0.15) is 11.1 Å². The fourth-order valence-corrected chi connectivity index (χ4v) is 4.52. The van der Waals surface area contributed by atoms with Gasteiger partial charge in [-0.2, -0.15) is 9.57 Å². The fourth-order valence-electron chi connectivity index (χ4n) is 2.93. The van der Waals surface area contributed by atoms with Crippen LogP contribution < -0.4 is 5.32 Å². The molecule has 0 atom stereocenters. The van der Waals surface area contributed by atoms with Crippen LogP contribution in [0.3, 0.4) is 0 Å². The van der Waals surface area contributed by atoms with Crippen molar-refractivity contribution < 1.29 is 18.3 Å². The van der Waals surface area contributed by atoms with Crippen molar-refractivity contribution in [2.45, 2.75) is 11.8 Å². The van der Waals surface area contributed by atoms with Crippen LogP contribution in [0.15, 0.2) is 47.4 Å². The average Bonchev–Trinajstić information content (AvgIpc) is 2.70. The Kier molecular flexibility index (Phi) is 5.53. The third-order valence-corrected chi connectivity index (χ3v) is 6.45. The number of rotatable bonds is 3. The Balaban J connectivity index is 1.64. The number of nitrogens with one attached hydrogen (secondary N) is 1. The molecule has 8 nitrogen and oxygen atoms in total. The van der Waals surface area contributed by atoms with Crippen LogP contribution in [0.4, 0.5) is 10.5 Å². The second-order valence-electron chi connectivity index (χ2n) is 6.48. The average molecular weight is 400 g/mol. The number of aryl methyl sites for hydroxylation is 1. The van der Waals surface area contributed by atoms with Gasteiger partial charge in [-0.25, -0.2) is 13.2 Å². The number of piperazine rings is 1. The number of benzene rings is 2. The van der Waals surface area contributed by atoms with Gasteiger partial charge in [0.2, 0.25) is 10.0 Å². The number of aromatic hydroxyl groups is 1. The molecule has 3 rings (SSSR count). The minimum atomic E-state index is -3.84. The van der Waals surface area contributed by atoms with Gasteiger partial charge in [-0.15, -0.1) is 0 Å². The van der Waals surface area contributed by atoms with Gasteiger partial charge in [0.15, 0.2) is 0 Å². The SMILES string of the molecule is Cc1ccc(O)c(S(=O)(=O)N2CCN(C(=O)Nc3ccc(C#N)cc3)CC2)c1. The van der Waals surface area contributed by atoms with Crippen LogP contribution in [0.25, 0.3) is 0 Å². The maximum Gasteiger partial charge on any atom is 0.321 e. The highest BCUT2D eigenvalue weighted by Gasteiger charge is 2.31. The molecular weight excluding hydrogens is 380 g/mol. The number of amides is 2. The van der Waals surface area contributed by atoms with Crippen molar-refractivity contribution in [2.24, 2.45) is 0 Å². The van der Waals surface area contributed by atoms with Crippen molar-refractivity contribution in [3.8, 4) is 11.8 Å². The molecular formula is C19H20N4O4S. The molecule has 1 aliphatic rings. The van der Waals surface area contributed by atoms with Crippen LogP contribution in [-0.4, -0.2) is 54.9 Å². The van der Waals surface area contributed by atoms with Crippen molar-refractivity contribution in [1.82, 2.24) is 9.21 Å². The molecule has 2 amide bonds. The first-order valence-electron chi connectivity index (χ1n) is 8.67. The Morgan fingerprint density at radius 3 is 2.36 bits per heavy atom. The van der Waals surface area contributed by atoms with E-state index in [9.17, 15) is 18.3 Å². The lowest BCUT2D eigenvalue weighted by Crippen LogP contribution is -2.51. The summed E-state index contributed by atoms with van der Waals surface area (Å²) in [6.45, 7) is 2.48. The molecule has 0 unspecified atom stereocenters. The number of carbonyl (C=O) groups excluding carboxylic acids is 1. The molecule has 0 saturated carbocycles. The van der Waals surface area contributed by atoms with E-state index in [1.165, 1.54) is 21.3 Å². The molecule has 2 aromatic rings. The zero-order chi connectivity index (χ0) is 20.3. The molecule has 1 saturated heterocycles. The summed E-state index contributed by atoms with van der Waals surface area (Å²) in [5.74, 6) is -0.286. The summed E-state index contributed by atoms with van der Waals surface area (Å²) in [7, 11) is -3.84. The molecule has 0 radical (unpaired) electrons. The summed E-state index contributed by atoms with van der Waals surface area (Å²) in [4.78, 5) is 13.8. The Morgan fingerprint density at radius 2 is 1.75 bits per heavy atom. The number of hydrogen-bond acceptors (Lipinski definition) is 5. The number of hydrogen-bond donors (Lipinski definition) is 2. The monoisotopic (exact) mass is 400 g/mol. The first-order chi connectivity index (χ1) is 13.3. The van der Waals surface area contributed by atoms with Gasteiger partial charge in [-0.05, 0) is 48.9 Å². The van der Waals surface area contributed by atoms with E-state index in [2.05, 4.69) is 5.32 Å². The van der Waals surface area contributed by atoms with Gasteiger partial charge in [0, 0.05) is 31.9 Å². The van der Waals surface area contributed by atoms with E-state index >= 15 is 0 Å². The Bertz CT molecular complexity index is 1020. The Morgan fingerprint density at radius 1 is 1.11 bits per heavy atom. The van der Waals surface area contributed by atoms with Crippen LogP contribution in [0.5, 0.6) is 5.75 Å². The molecule has 0 aromatic heterocycles. The van der Waals surface area contributed by atoms with Crippen LogP contribution in [0.2, 0.25) is 0 Å². The number of nitrogens with zero attached hydrogens (tertiary/aromatic N) is 3. The molecule has 1 fully saturated rings. The molecule has 1 heterocycles. The van der Waals surface area contributed by atoms with Crippen molar-refractivity contribution in [2.75, 3.05) is 31.5 Å². The summed E-state index contributed by atoms with van der Waals surface area (Å²) in [5, 5.41) is 21.5. The predicted octanol–water partition coefficient (Wildman–Crippen LogP) is 2.11. The maximum absolute atomic E-state index is 12.8. The van der Waals surface area contributed by atoms with E-state index in [1.807, 2.05) is 6.07 Å². The minimum Gasteiger partial charge on any atom is -0.507 e. The molecule has 0 aliphatic carbocycles. The molecule has 28 heavy (non-hydrogen) atoms. The molecule has 146 valence electrons. The van der Waals surface area contributed by atoms with Crippen molar-refractivity contribution in [3.05, 3.63) is 53.6 Å². The van der Waals surface area contributed by atoms with Gasteiger partial charge < -0.3 is 15.3 Å². The number of anilines is 1. The summed E-state index contributed by atoms with van der Waals surface area (Å²) >= 11 is 0. The van der Waals surface area contributed by atoms with Crippen molar-refractivity contribution in [1.29, 1.82) is 5.26 Å². The first-order valence-corrected chi connectivity index (χ1v) is 10.1. The third kappa shape index (κ3) is 4.08. The number of nitriles is 1. The molecule has 0 spiro atoms. The smallest absolute Gasteiger partial charge is 0.321 e. The van der Waals surface area contributed by atoms with Crippen molar-refractivity contribution in [3.63, 3.8) is 0 Å². The predicted molar refractivity (Wildman–Crippen MR) is 103 cm³/mol. The highest BCUT2D eigenvalue weighted by atomic mass is 32.2. The molecule has 1 aliphatic heterocycles. The topological polar surface area (TPSA) is 114 Å². The second-order valence-corrected chi connectivity index (χ2v) is 8.39. The van der Waals surface area contributed by atoms with Crippen LogP contribution >= 0.6 is 0 Å². The lowest BCUT2D eigenvalue weighted by atomic mass is 10.2. The van der Waals surface area contributed by atoms with Crippen LogP contribution in [0, 0.1) is 18.3 Å². The molecule has 2 N–H and O–H groups in total. The van der Waals surface area contributed by atoms with Crippen molar-refractivity contribution >= 4 is 21.7 Å². The fraction of sp³-hybridized carbons (Fsp3) is 0.263. The molecule has 2 aromatic carbocycles. The van der Waals surface area contributed by atoms with Gasteiger partial charge in [0.25, 0.3) is 0 Å². The maximum atomic E-state index is 12.8.